The highest BCUT2D eigenvalue weighted by Crippen LogP contribution is 2.37. The molecule has 2 aliphatic rings. The number of carbonyl (C=O) groups is 1. The van der Waals surface area contributed by atoms with Gasteiger partial charge < -0.3 is 20.1 Å². The van der Waals surface area contributed by atoms with Crippen molar-refractivity contribution >= 4 is 24.0 Å². The van der Waals surface area contributed by atoms with Gasteiger partial charge in [-0.2, -0.15) is 5.10 Å². The SMILES string of the molecule is Cl.O=C(Nc1cccc2c1OCCO2)c1n[nH]c2c1CNCC2. The van der Waals surface area contributed by atoms with Crippen LogP contribution >= 0.6 is 12.4 Å². The second-order valence-electron chi connectivity index (χ2n) is 5.24. The summed E-state index contributed by atoms with van der Waals surface area (Å²) in [6.45, 7) is 2.54. The minimum atomic E-state index is -0.247. The zero-order chi connectivity index (χ0) is 14.9. The molecule has 4 rings (SSSR count). The Balaban J connectivity index is 0.00000156. The Morgan fingerprint density at radius 2 is 2.13 bits per heavy atom. The number of halogens is 1. The summed E-state index contributed by atoms with van der Waals surface area (Å²) < 4.78 is 11.1. The normalized spacial score (nSPS) is 15.3. The molecule has 0 radical (unpaired) electrons. The van der Waals surface area contributed by atoms with Crippen LogP contribution in [0.1, 0.15) is 21.7 Å². The van der Waals surface area contributed by atoms with Gasteiger partial charge in [-0.25, -0.2) is 0 Å². The fraction of sp³-hybridized carbons (Fsp3) is 0.333. The Labute approximate surface area is 139 Å². The Kier molecular flexibility index (Phi) is 4.40. The molecule has 2 aliphatic heterocycles. The minimum Gasteiger partial charge on any atom is -0.486 e. The van der Waals surface area contributed by atoms with Gasteiger partial charge in [0.05, 0.1) is 5.69 Å². The van der Waals surface area contributed by atoms with E-state index in [1.165, 1.54) is 0 Å². The van der Waals surface area contributed by atoms with Gasteiger partial charge in [-0.15, -0.1) is 12.4 Å². The van der Waals surface area contributed by atoms with E-state index in [2.05, 4.69) is 20.8 Å². The van der Waals surface area contributed by atoms with Gasteiger partial charge in [-0.3, -0.25) is 9.89 Å². The predicted octanol–water partition coefficient (Wildman–Crippen LogP) is 1.50. The molecule has 8 heteroatoms. The van der Waals surface area contributed by atoms with Crippen molar-refractivity contribution in [1.29, 1.82) is 0 Å². The topological polar surface area (TPSA) is 88.3 Å². The lowest BCUT2D eigenvalue weighted by molar-refractivity contribution is 0.102. The molecule has 7 nitrogen and oxygen atoms in total. The van der Waals surface area contributed by atoms with E-state index in [9.17, 15) is 4.79 Å². The first kappa shape index (κ1) is 15.6. The molecular formula is C15H17ClN4O3. The summed E-state index contributed by atoms with van der Waals surface area (Å²) in [4.78, 5) is 12.5. The molecule has 3 heterocycles. The lowest BCUT2D eigenvalue weighted by atomic mass is 10.1. The number of aromatic amines is 1. The number of H-pyrrole nitrogens is 1. The van der Waals surface area contributed by atoms with Crippen molar-refractivity contribution < 1.29 is 14.3 Å². The van der Waals surface area contributed by atoms with E-state index < -0.39 is 0 Å². The van der Waals surface area contributed by atoms with Crippen molar-refractivity contribution in [3.8, 4) is 11.5 Å². The average Bonchev–Trinajstić information content (AvgIpc) is 2.99. The van der Waals surface area contributed by atoms with E-state index in [1.54, 1.807) is 6.07 Å². The average molecular weight is 337 g/mol. The number of nitrogens with zero attached hydrogens (tertiary/aromatic N) is 1. The number of nitrogens with one attached hydrogen (secondary N) is 3. The summed E-state index contributed by atoms with van der Waals surface area (Å²) in [6.07, 6.45) is 0.854. The molecule has 0 saturated carbocycles. The largest absolute Gasteiger partial charge is 0.486 e. The lowest BCUT2D eigenvalue weighted by Crippen LogP contribution is -2.25. The maximum absolute atomic E-state index is 12.5. The zero-order valence-electron chi connectivity index (χ0n) is 12.3. The Hall–Kier alpha value is -2.25. The summed E-state index contributed by atoms with van der Waals surface area (Å²) in [5.74, 6) is 0.975. The number of amides is 1. The zero-order valence-corrected chi connectivity index (χ0v) is 13.2. The number of para-hydroxylation sites is 1. The van der Waals surface area contributed by atoms with Gasteiger partial charge in [0.2, 0.25) is 0 Å². The van der Waals surface area contributed by atoms with Crippen molar-refractivity contribution in [2.75, 3.05) is 25.1 Å². The van der Waals surface area contributed by atoms with Crippen LogP contribution in [0, 0.1) is 0 Å². The van der Waals surface area contributed by atoms with Crippen molar-refractivity contribution in [3.63, 3.8) is 0 Å². The van der Waals surface area contributed by atoms with Crippen LogP contribution in [-0.4, -0.2) is 35.9 Å². The standard InChI is InChI=1S/C15H16N4O3.ClH/c20-15(13-9-8-16-5-4-10(9)18-19-13)17-11-2-1-3-12-14(11)22-7-6-21-12;/h1-3,16H,4-8H2,(H,17,20)(H,18,19);1H. The van der Waals surface area contributed by atoms with E-state index in [4.69, 9.17) is 9.47 Å². The molecule has 0 spiro atoms. The molecule has 0 atom stereocenters. The van der Waals surface area contributed by atoms with Crippen molar-refractivity contribution in [1.82, 2.24) is 15.5 Å². The monoisotopic (exact) mass is 336 g/mol. The number of hydrogen-bond donors (Lipinski definition) is 3. The second kappa shape index (κ2) is 6.47. The quantitative estimate of drug-likeness (QED) is 0.773. The molecular weight excluding hydrogens is 320 g/mol. The van der Waals surface area contributed by atoms with Gasteiger partial charge in [0, 0.05) is 30.8 Å². The van der Waals surface area contributed by atoms with Crippen LogP contribution in [0.5, 0.6) is 11.5 Å². The van der Waals surface area contributed by atoms with Crippen molar-refractivity contribution in [2.24, 2.45) is 0 Å². The molecule has 0 saturated heterocycles. The molecule has 1 amide bonds. The third kappa shape index (κ3) is 2.85. The van der Waals surface area contributed by atoms with Crippen LogP contribution in [-0.2, 0) is 13.0 Å². The molecule has 2 aromatic rings. The van der Waals surface area contributed by atoms with Crippen LogP contribution in [0.4, 0.5) is 5.69 Å². The highest BCUT2D eigenvalue weighted by Gasteiger charge is 2.23. The first-order valence-corrected chi connectivity index (χ1v) is 7.30. The number of carbonyl (C=O) groups excluding carboxylic acids is 1. The van der Waals surface area contributed by atoms with E-state index in [0.717, 1.165) is 24.2 Å². The van der Waals surface area contributed by atoms with E-state index >= 15 is 0 Å². The molecule has 3 N–H and O–H groups in total. The smallest absolute Gasteiger partial charge is 0.276 e. The second-order valence-corrected chi connectivity index (χ2v) is 5.24. The maximum Gasteiger partial charge on any atom is 0.276 e. The molecule has 23 heavy (non-hydrogen) atoms. The van der Waals surface area contributed by atoms with Gasteiger partial charge in [0.25, 0.3) is 5.91 Å². The molecule has 122 valence electrons. The number of hydrogen-bond acceptors (Lipinski definition) is 5. The van der Waals surface area contributed by atoms with E-state index in [1.807, 2.05) is 12.1 Å². The van der Waals surface area contributed by atoms with Gasteiger partial charge in [0.1, 0.15) is 13.2 Å². The third-order valence-electron chi connectivity index (χ3n) is 3.84. The first-order chi connectivity index (χ1) is 10.8. The number of fused-ring (bicyclic) bond motifs is 2. The number of anilines is 1. The fourth-order valence-corrected chi connectivity index (χ4v) is 2.77. The van der Waals surface area contributed by atoms with Crippen LogP contribution in [0.25, 0.3) is 0 Å². The van der Waals surface area contributed by atoms with Crippen LogP contribution in [0.3, 0.4) is 0 Å². The lowest BCUT2D eigenvalue weighted by Gasteiger charge is -2.21. The Bertz CT molecular complexity index is 732. The summed E-state index contributed by atoms with van der Waals surface area (Å²) in [5, 5.41) is 13.2. The van der Waals surface area contributed by atoms with Crippen molar-refractivity contribution in [3.05, 3.63) is 35.2 Å². The molecule has 1 aromatic heterocycles. The molecule has 0 unspecified atom stereocenters. The Morgan fingerprint density at radius 1 is 1.26 bits per heavy atom. The van der Waals surface area contributed by atoms with E-state index in [-0.39, 0.29) is 18.3 Å². The summed E-state index contributed by atoms with van der Waals surface area (Å²) >= 11 is 0. The van der Waals surface area contributed by atoms with Gasteiger partial charge in [0.15, 0.2) is 17.2 Å². The number of ether oxygens (including phenoxy) is 2. The predicted molar refractivity (Wildman–Crippen MR) is 86.6 cm³/mol. The molecule has 0 aliphatic carbocycles. The number of aromatic nitrogens is 2. The van der Waals surface area contributed by atoms with Crippen LogP contribution in [0.15, 0.2) is 18.2 Å². The van der Waals surface area contributed by atoms with Crippen LogP contribution in [0.2, 0.25) is 0 Å². The summed E-state index contributed by atoms with van der Waals surface area (Å²) in [5.41, 5.74) is 2.99. The molecule has 0 fully saturated rings. The minimum absolute atomic E-state index is 0. The first-order valence-electron chi connectivity index (χ1n) is 7.30. The van der Waals surface area contributed by atoms with E-state index in [0.29, 0.717) is 42.6 Å². The number of rotatable bonds is 2. The molecule has 1 aromatic carbocycles. The third-order valence-corrected chi connectivity index (χ3v) is 3.84. The highest BCUT2D eigenvalue weighted by atomic mass is 35.5. The van der Waals surface area contributed by atoms with Crippen molar-refractivity contribution in [2.45, 2.75) is 13.0 Å². The molecule has 0 bridgehead atoms. The number of benzene rings is 1. The van der Waals surface area contributed by atoms with Gasteiger partial charge >= 0.3 is 0 Å². The van der Waals surface area contributed by atoms with Crippen LogP contribution < -0.4 is 20.1 Å². The fourth-order valence-electron chi connectivity index (χ4n) is 2.77. The summed E-state index contributed by atoms with van der Waals surface area (Å²) in [6, 6.07) is 5.44. The Morgan fingerprint density at radius 3 is 3.04 bits per heavy atom. The van der Waals surface area contributed by atoms with Gasteiger partial charge in [-0.1, -0.05) is 6.07 Å². The maximum atomic E-state index is 12.5. The summed E-state index contributed by atoms with van der Waals surface area (Å²) in [7, 11) is 0. The van der Waals surface area contributed by atoms with Gasteiger partial charge in [-0.05, 0) is 12.1 Å². The highest BCUT2D eigenvalue weighted by molar-refractivity contribution is 6.05.